The van der Waals surface area contributed by atoms with E-state index in [4.69, 9.17) is 22.1 Å². The van der Waals surface area contributed by atoms with Crippen molar-refractivity contribution in [3.63, 3.8) is 0 Å². The monoisotopic (exact) mass is 231 g/mol. The number of nitrogens with two attached hydrogens (primary N) is 1. The Bertz CT molecular complexity index is 355. The Morgan fingerprint density at radius 1 is 1.53 bits per heavy atom. The summed E-state index contributed by atoms with van der Waals surface area (Å²) in [6.07, 6.45) is 1.40. The Hall–Kier alpha value is -0.800. The molecule has 0 aliphatic rings. The molecule has 0 aliphatic heterocycles. The molecule has 0 aliphatic carbocycles. The third-order valence-electron chi connectivity index (χ3n) is 2.28. The van der Waals surface area contributed by atoms with Crippen molar-refractivity contribution in [3.8, 4) is 5.75 Å². The van der Waals surface area contributed by atoms with Crippen molar-refractivity contribution in [2.75, 3.05) is 13.7 Å². The first-order chi connectivity index (χ1) is 7.11. The van der Waals surface area contributed by atoms with Crippen molar-refractivity contribution >= 4 is 11.6 Å². The summed E-state index contributed by atoms with van der Waals surface area (Å²) in [5.41, 5.74) is 6.85. The van der Waals surface area contributed by atoms with Crippen LogP contribution in [0.15, 0.2) is 6.07 Å². The van der Waals surface area contributed by atoms with E-state index in [0.29, 0.717) is 23.6 Å². The van der Waals surface area contributed by atoms with E-state index in [2.05, 4.69) is 0 Å². The van der Waals surface area contributed by atoms with E-state index >= 15 is 0 Å². The van der Waals surface area contributed by atoms with Crippen LogP contribution in [0.4, 0.5) is 4.39 Å². The summed E-state index contributed by atoms with van der Waals surface area (Å²) in [5.74, 6) is -0.134. The maximum absolute atomic E-state index is 13.5. The van der Waals surface area contributed by atoms with Crippen molar-refractivity contribution in [1.29, 1.82) is 0 Å². The van der Waals surface area contributed by atoms with Crippen LogP contribution in [0.25, 0.3) is 0 Å². The lowest BCUT2D eigenvalue weighted by molar-refractivity contribution is 0.381. The molecule has 0 heterocycles. The highest BCUT2D eigenvalue weighted by Crippen LogP contribution is 2.33. The average Bonchev–Trinajstić information content (AvgIpc) is 2.21. The van der Waals surface area contributed by atoms with E-state index in [0.717, 1.165) is 12.0 Å². The van der Waals surface area contributed by atoms with Crippen LogP contribution in [-0.4, -0.2) is 13.7 Å². The second kappa shape index (κ2) is 5.33. The predicted octanol–water partition coefficient (Wildman–Crippen LogP) is 2.69. The Kier molecular flexibility index (Phi) is 4.36. The van der Waals surface area contributed by atoms with Crippen molar-refractivity contribution in [1.82, 2.24) is 0 Å². The lowest BCUT2D eigenvalue weighted by atomic mass is 10.0. The summed E-state index contributed by atoms with van der Waals surface area (Å²) in [5, 5.41) is 0.571. The van der Waals surface area contributed by atoms with E-state index < -0.39 is 0 Å². The Morgan fingerprint density at radius 3 is 2.73 bits per heavy atom. The van der Waals surface area contributed by atoms with Gasteiger partial charge in [0.15, 0.2) is 11.6 Å². The van der Waals surface area contributed by atoms with E-state index in [1.54, 1.807) is 6.92 Å². The minimum atomic E-state index is -0.369. The van der Waals surface area contributed by atoms with Gasteiger partial charge < -0.3 is 10.5 Å². The number of hydrogen-bond donors (Lipinski definition) is 1. The molecule has 0 aromatic heterocycles. The fraction of sp³-hybridized carbons (Fsp3) is 0.455. The first-order valence-electron chi connectivity index (χ1n) is 4.83. The van der Waals surface area contributed by atoms with Gasteiger partial charge in [0.1, 0.15) is 0 Å². The Balaban J connectivity index is 3.18. The normalized spacial score (nSPS) is 10.5. The smallest absolute Gasteiger partial charge is 0.165 e. The molecular weight excluding hydrogens is 217 g/mol. The van der Waals surface area contributed by atoms with Crippen LogP contribution in [0, 0.1) is 12.7 Å². The second-order valence-corrected chi connectivity index (χ2v) is 3.77. The predicted molar refractivity (Wildman–Crippen MR) is 60.1 cm³/mol. The van der Waals surface area contributed by atoms with Gasteiger partial charge in [0.2, 0.25) is 0 Å². The first kappa shape index (κ1) is 12.3. The molecule has 1 aromatic rings. The molecule has 2 N–H and O–H groups in total. The molecule has 2 nitrogen and oxygen atoms in total. The summed E-state index contributed by atoms with van der Waals surface area (Å²) < 4.78 is 18.5. The molecule has 0 atom stereocenters. The molecule has 0 spiro atoms. The SMILES string of the molecule is COc1c(F)cc(C)c(Cl)c1CCCN. The van der Waals surface area contributed by atoms with Crippen LogP contribution in [0.5, 0.6) is 5.75 Å². The van der Waals surface area contributed by atoms with E-state index in [-0.39, 0.29) is 11.6 Å². The third kappa shape index (κ3) is 2.61. The number of hydrogen-bond acceptors (Lipinski definition) is 2. The summed E-state index contributed by atoms with van der Waals surface area (Å²) >= 11 is 6.10. The van der Waals surface area contributed by atoms with Crippen LogP contribution in [0.2, 0.25) is 5.02 Å². The minimum Gasteiger partial charge on any atom is -0.493 e. The molecule has 0 saturated carbocycles. The first-order valence-corrected chi connectivity index (χ1v) is 5.21. The van der Waals surface area contributed by atoms with Gasteiger partial charge in [-0.15, -0.1) is 0 Å². The quantitative estimate of drug-likeness (QED) is 0.865. The van der Waals surface area contributed by atoms with Crippen LogP contribution in [0.3, 0.4) is 0 Å². The fourth-order valence-electron chi connectivity index (χ4n) is 1.52. The maximum Gasteiger partial charge on any atom is 0.165 e. The topological polar surface area (TPSA) is 35.2 Å². The maximum atomic E-state index is 13.5. The van der Waals surface area contributed by atoms with Crippen molar-refractivity contribution in [2.24, 2.45) is 5.73 Å². The van der Waals surface area contributed by atoms with Crippen LogP contribution < -0.4 is 10.5 Å². The molecule has 15 heavy (non-hydrogen) atoms. The average molecular weight is 232 g/mol. The fourth-order valence-corrected chi connectivity index (χ4v) is 1.76. The summed E-state index contributed by atoms with van der Waals surface area (Å²) in [6.45, 7) is 2.33. The lowest BCUT2D eigenvalue weighted by Crippen LogP contribution is -2.04. The summed E-state index contributed by atoms with van der Waals surface area (Å²) in [6, 6.07) is 1.38. The third-order valence-corrected chi connectivity index (χ3v) is 2.81. The summed E-state index contributed by atoms with van der Waals surface area (Å²) in [7, 11) is 1.44. The number of rotatable bonds is 4. The van der Waals surface area contributed by atoms with E-state index in [9.17, 15) is 4.39 Å². The number of benzene rings is 1. The van der Waals surface area contributed by atoms with Gasteiger partial charge in [0.25, 0.3) is 0 Å². The molecule has 0 saturated heterocycles. The second-order valence-electron chi connectivity index (χ2n) is 3.39. The number of halogens is 2. The van der Waals surface area contributed by atoms with Crippen molar-refractivity contribution < 1.29 is 9.13 Å². The van der Waals surface area contributed by atoms with Crippen LogP contribution >= 0.6 is 11.6 Å². The molecule has 1 rings (SSSR count). The Morgan fingerprint density at radius 2 is 2.20 bits per heavy atom. The highest BCUT2D eigenvalue weighted by Gasteiger charge is 2.15. The van der Waals surface area contributed by atoms with Gasteiger partial charge in [-0.3, -0.25) is 0 Å². The van der Waals surface area contributed by atoms with Gasteiger partial charge in [0.05, 0.1) is 12.1 Å². The van der Waals surface area contributed by atoms with Gasteiger partial charge in [-0.2, -0.15) is 0 Å². The highest BCUT2D eigenvalue weighted by molar-refractivity contribution is 6.32. The van der Waals surface area contributed by atoms with Gasteiger partial charge >= 0.3 is 0 Å². The molecule has 0 amide bonds. The zero-order chi connectivity index (χ0) is 11.4. The largest absolute Gasteiger partial charge is 0.493 e. The van der Waals surface area contributed by atoms with Crippen LogP contribution in [-0.2, 0) is 6.42 Å². The molecule has 84 valence electrons. The van der Waals surface area contributed by atoms with E-state index in [1.165, 1.54) is 13.2 Å². The van der Waals surface area contributed by atoms with Crippen molar-refractivity contribution in [3.05, 3.63) is 28.0 Å². The molecule has 0 radical (unpaired) electrons. The Labute approximate surface area is 94.2 Å². The van der Waals surface area contributed by atoms with Crippen molar-refractivity contribution in [2.45, 2.75) is 19.8 Å². The molecule has 0 fully saturated rings. The molecular formula is C11H15ClFNO. The minimum absolute atomic E-state index is 0.235. The number of methoxy groups -OCH3 is 1. The highest BCUT2D eigenvalue weighted by atomic mass is 35.5. The van der Waals surface area contributed by atoms with Gasteiger partial charge in [-0.25, -0.2) is 4.39 Å². The van der Waals surface area contributed by atoms with Gasteiger partial charge in [-0.05, 0) is 37.9 Å². The molecule has 4 heteroatoms. The lowest BCUT2D eigenvalue weighted by Gasteiger charge is -2.13. The standard InChI is InChI=1S/C11H15ClFNO/c1-7-6-9(13)11(15-2)8(10(7)12)4-3-5-14/h6H,3-5,14H2,1-2H3. The zero-order valence-corrected chi connectivity index (χ0v) is 9.70. The van der Waals surface area contributed by atoms with E-state index in [1.807, 2.05) is 0 Å². The molecule has 0 unspecified atom stereocenters. The zero-order valence-electron chi connectivity index (χ0n) is 8.94. The number of aryl methyl sites for hydroxylation is 1. The van der Waals surface area contributed by atoms with Gasteiger partial charge in [-0.1, -0.05) is 11.6 Å². The number of ether oxygens (including phenoxy) is 1. The summed E-state index contributed by atoms with van der Waals surface area (Å²) in [4.78, 5) is 0. The molecule has 0 bridgehead atoms. The van der Waals surface area contributed by atoms with Gasteiger partial charge in [0, 0.05) is 5.56 Å². The van der Waals surface area contributed by atoms with Crippen LogP contribution in [0.1, 0.15) is 17.5 Å². The molecule has 1 aromatic carbocycles.